The molecule has 161 valence electrons. The lowest BCUT2D eigenvalue weighted by Gasteiger charge is -2.42. The van der Waals surface area contributed by atoms with E-state index in [1.165, 1.54) is 53.1 Å². The van der Waals surface area contributed by atoms with E-state index < -0.39 is 0 Å². The van der Waals surface area contributed by atoms with Crippen LogP contribution in [0.4, 0.5) is 11.4 Å². The highest BCUT2D eigenvalue weighted by Crippen LogP contribution is 2.39. The van der Waals surface area contributed by atoms with E-state index >= 15 is 0 Å². The number of hydrogen-bond donors (Lipinski definition) is 0. The summed E-state index contributed by atoms with van der Waals surface area (Å²) in [5, 5.41) is 0. The second-order valence-electron chi connectivity index (χ2n) is 10.0. The predicted octanol–water partition coefficient (Wildman–Crippen LogP) is 7.43. The summed E-state index contributed by atoms with van der Waals surface area (Å²) < 4.78 is 5.49. The molecule has 0 aromatic heterocycles. The van der Waals surface area contributed by atoms with Crippen molar-refractivity contribution in [3.8, 4) is 0 Å². The molecule has 3 rings (SSSR count). The number of hydrogen-bond acceptors (Lipinski definition) is 2. The smallest absolute Gasteiger partial charge is 0.450 e. The fraction of sp³-hybridized carbons (Fsp3) is 0.556. The van der Waals surface area contributed by atoms with Crippen LogP contribution >= 0.6 is 0 Å². The van der Waals surface area contributed by atoms with Gasteiger partial charge in [0.15, 0.2) is 0 Å². The molecule has 0 amide bonds. The molecule has 3 heteroatoms. The van der Waals surface area contributed by atoms with Gasteiger partial charge in [0.05, 0.1) is 0 Å². The van der Waals surface area contributed by atoms with Gasteiger partial charge in [-0.25, -0.2) is 0 Å². The van der Waals surface area contributed by atoms with E-state index in [-0.39, 0.29) is 15.7 Å². The third-order valence-electron chi connectivity index (χ3n) is 6.34. The van der Waals surface area contributed by atoms with Gasteiger partial charge < -0.3 is 7.77 Å². The predicted molar refractivity (Wildman–Crippen MR) is 134 cm³/mol. The lowest BCUT2D eigenvalue weighted by Crippen LogP contribution is -2.49. The van der Waals surface area contributed by atoms with Crippen LogP contribution in [-0.4, -0.2) is 28.8 Å². The van der Waals surface area contributed by atoms with Crippen molar-refractivity contribution < 1.29 is 0 Å². The fourth-order valence-corrected chi connectivity index (χ4v) is 6.48. The van der Waals surface area contributed by atoms with Gasteiger partial charge in [-0.3, -0.25) is 0 Å². The van der Waals surface area contributed by atoms with Gasteiger partial charge in [0.2, 0.25) is 0 Å². The molecule has 0 bridgehead atoms. The Labute approximate surface area is 191 Å². The second-order valence-corrected chi connectivity index (χ2v) is 11.5. The summed E-state index contributed by atoms with van der Waals surface area (Å²) in [5.41, 5.74) is 9.09. The topological polar surface area (TPSA) is 6.48 Å². The molecule has 1 saturated heterocycles. The fourth-order valence-electron chi connectivity index (χ4n) is 4.72. The highest BCUT2D eigenvalue weighted by Gasteiger charge is 2.29. The first kappa shape index (κ1) is 23.2. The Morgan fingerprint density at radius 2 is 0.867 bits per heavy atom. The van der Waals surface area contributed by atoms with Gasteiger partial charge >= 0.3 is 15.7 Å². The number of rotatable bonds is 6. The van der Waals surface area contributed by atoms with E-state index in [9.17, 15) is 0 Å². The molecular weight excluding hydrogens is 379 g/mol. The molecule has 2 aromatic rings. The maximum Gasteiger partial charge on any atom is 0.553 e. The summed E-state index contributed by atoms with van der Waals surface area (Å²) in [7, 11) is 0. The average Bonchev–Trinajstić information content (AvgIpc) is 2.72. The van der Waals surface area contributed by atoms with E-state index in [4.69, 9.17) is 0 Å². The Kier molecular flexibility index (Phi) is 7.59. The maximum atomic E-state index is 2.75. The van der Waals surface area contributed by atoms with E-state index in [0.717, 1.165) is 0 Å². The zero-order valence-electron chi connectivity index (χ0n) is 20.4. The summed E-state index contributed by atoms with van der Waals surface area (Å²) in [6, 6.07) is 13.9. The molecule has 1 heterocycles. The standard InChI is InChI=1S/C27H40N2.Al/c1-18(2)22-12-9-13-23(19(3)4)26(22)28-16-11-17-29-27-24(20(5)6)14-10-15-25(27)21(7)8;/h9-10,12-15,18-21H,11,16-17H2,1-8H3;/q-2;+2. The van der Waals surface area contributed by atoms with Crippen molar-refractivity contribution in [1.82, 2.24) is 0 Å². The van der Waals surface area contributed by atoms with E-state index in [1.807, 2.05) is 0 Å². The van der Waals surface area contributed by atoms with Crippen LogP contribution in [-0.2, 0) is 0 Å². The first-order chi connectivity index (χ1) is 14.2. The Morgan fingerprint density at radius 3 is 1.13 bits per heavy atom. The summed E-state index contributed by atoms with van der Waals surface area (Å²) >= 11 is 0.0275. The normalized spacial score (nSPS) is 14.9. The number of anilines is 2. The molecule has 2 nitrogen and oxygen atoms in total. The summed E-state index contributed by atoms with van der Waals surface area (Å²) in [6.07, 6.45) is 1.22. The van der Waals surface area contributed by atoms with Gasteiger partial charge in [-0.15, -0.1) is 0 Å². The highest BCUT2D eigenvalue weighted by atomic mass is 27.1. The van der Waals surface area contributed by atoms with Crippen LogP contribution in [0.2, 0.25) is 0 Å². The van der Waals surface area contributed by atoms with Crippen molar-refractivity contribution >= 4 is 27.0 Å². The van der Waals surface area contributed by atoms with Crippen molar-refractivity contribution in [3.63, 3.8) is 0 Å². The molecule has 1 radical (unpaired) electrons. The van der Waals surface area contributed by atoms with Crippen LogP contribution in [0.3, 0.4) is 0 Å². The van der Waals surface area contributed by atoms with Crippen molar-refractivity contribution in [3.05, 3.63) is 58.7 Å². The van der Waals surface area contributed by atoms with Crippen LogP contribution in [0.5, 0.6) is 0 Å². The quantitative estimate of drug-likeness (QED) is 0.449. The third kappa shape index (κ3) is 4.74. The molecule has 0 saturated carbocycles. The minimum absolute atomic E-state index is 0.0275. The highest BCUT2D eigenvalue weighted by molar-refractivity contribution is 6.47. The molecule has 2 aromatic carbocycles. The zero-order chi connectivity index (χ0) is 22.0. The molecule has 0 atom stereocenters. The van der Waals surface area contributed by atoms with E-state index in [0.29, 0.717) is 23.7 Å². The summed E-state index contributed by atoms with van der Waals surface area (Å²) in [4.78, 5) is 0. The summed E-state index contributed by atoms with van der Waals surface area (Å²) in [6.45, 7) is 21.1. The number of nitrogens with zero attached hydrogens (tertiary/aromatic N) is 2. The van der Waals surface area contributed by atoms with Gasteiger partial charge in [0, 0.05) is 11.4 Å². The van der Waals surface area contributed by atoms with E-state index in [2.05, 4.69) is 99.6 Å². The van der Waals surface area contributed by atoms with Crippen LogP contribution in [0.25, 0.3) is 0 Å². The Balaban J connectivity index is 2.07. The SMILES string of the molecule is CC(C)c1cccc(C(C)C)c1[N]1CCC[N](c2c(C(C)C)cccc2C(C)C)[Al]1. The molecule has 1 aliphatic rings. The molecule has 0 unspecified atom stereocenters. The third-order valence-corrected chi connectivity index (χ3v) is 7.93. The van der Waals surface area contributed by atoms with Gasteiger partial charge in [0.25, 0.3) is 0 Å². The van der Waals surface area contributed by atoms with Crippen molar-refractivity contribution in [1.29, 1.82) is 0 Å². The largest absolute Gasteiger partial charge is 0.553 e. The molecule has 1 aliphatic heterocycles. The van der Waals surface area contributed by atoms with E-state index in [1.54, 1.807) is 0 Å². The lowest BCUT2D eigenvalue weighted by atomic mass is 9.92. The maximum absolute atomic E-state index is 2.75. The minimum Gasteiger partial charge on any atom is -0.450 e. The lowest BCUT2D eigenvalue weighted by molar-refractivity contribution is 0.752. The first-order valence-corrected chi connectivity index (χ1v) is 12.9. The minimum atomic E-state index is 0.0275. The molecule has 30 heavy (non-hydrogen) atoms. The van der Waals surface area contributed by atoms with Crippen LogP contribution in [0.15, 0.2) is 36.4 Å². The molecule has 0 aliphatic carbocycles. The van der Waals surface area contributed by atoms with Gasteiger partial charge in [-0.2, -0.15) is 0 Å². The van der Waals surface area contributed by atoms with Crippen LogP contribution in [0.1, 0.15) is 108 Å². The van der Waals surface area contributed by atoms with Gasteiger partial charge in [0.1, 0.15) is 0 Å². The van der Waals surface area contributed by atoms with Crippen LogP contribution < -0.4 is 7.77 Å². The van der Waals surface area contributed by atoms with Gasteiger partial charge in [-0.05, 0) is 65.4 Å². The Hall–Kier alpha value is -1.43. The second kappa shape index (κ2) is 9.80. The van der Waals surface area contributed by atoms with Gasteiger partial charge in [-0.1, -0.05) is 91.8 Å². The average molecular weight is 420 g/mol. The Morgan fingerprint density at radius 1 is 0.567 bits per heavy atom. The number of para-hydroxylation sites is 2. The molecule has 1 fully saturated rings. The first-order valence-electron chi connectivity index (χ1n) is 11.9. The van der Waals surface area contributed by atoms with Crippen LogP contribution in [0, 0.1) is 0 Å². The molecule has 0 spiro atoms. The van der Waals surface area contributed by atoms with Crippen molar-refractivity contribution in [2.45, 2.75) is 85.5 Å². The zero-order valence-corrected chi connectivity index (χ0v) is 21.5. The van der Waals surface area contributed by atoms with Crippen molar-refractivity contribution in [2.75, 3.05) is 20.9 Å². The monoisotopic (exact) mass is 419 g/mol. The Bertz CT molecular complexity index is 732. The molecular formula is C27H40AlN2. The molecule has 0 N–H and O–H groups in total. The van der Waals surface area contributed by atoms with Crippen molar-refractivity contribution in [2.24, 2.45) is 0 Å². The summed E-state index contributed by atoms with van der Waals surface area (Å²) in [5.74, 6) is 2.18. The number of benzene rings is 2.